The van der Waals surface area contributed by atoms with Crippen molar-refractivity contribution >= 4 is 28.3 Å². The number of rotatable bonds is 6. The lowest BCUT2D eigenvalue weighted by Crippen LogP contribution is -2.13. The first-order valence-electron chi connectivity index (χ1n) is 6.43. The number of ether oxygens (including phenoxy) is 1. The molecule has 0 fully saturated rings. The first kappa shape index (κ1) is 15.2. The van der Waals surface area contributed by atoms with Crippen LogP contribution in [-0.2, 0) is 16.1 Å². The van der Waals surface area contributed by atoms with Gasteiger partial charge in [-0.25, -0.2) is 9.78 Å². The van der Waals surface area contributed by atoms with Crippen LogP contribution in [0.2, 0.25) is 0 Å². The SMILES string of the molecule is COC(=O)c1nc(NC(=O)CCCn2cccn2)sc1C. The van der Waals surface area contributed by atoms with Gasteiger partial charge in [-0.05, 0) is 19.4 Å². The van der Waals surface area contributed by atoms with Crippen LogP contribution in [0.5, 0.6) is 0 Å². The highest BCUT2D eigenvalue weighted by Crippen LogP contribution is 2.22. The van der Waals surface area contributed by atoms with E-state index in [9.17, 15) is 9.59 Å². The van der Waals surface area contributed by atoms with Crippen molar-refractivity contribution in [2.45, 2.75) is 26.3 Å². The lowest BCUT2D eigenvalue weighted by atomic mass is 10.3. The number of hydrogen-bond acceptors (Lipinski definition) is 6. The molecular weight excluding hydrogens is 292 g/mol. The van der Waals surface area contributed by atoms with Gasteiger partial charge in [0.2, 0.25) is 5.91 Å². The molecule has 0 bridgehead atoms. The highest BCUT2D eigenvalue weighted by Gasteiger charge is 2.16. The number of aromatic nitrogens is 3. The average molecular weight is 308 g/mol. The van der Waals surface area contributed by atoms with Gasteiger partial charge >= 0.3 is 5.97 Å². The van der Waals surface area contributed by atoms with Gasteiger partial charge in [-0.3, -0.25) is 9.48 Å². The van der Waals surface area contributed by atoms with E-state index in [1.807, 2.05) is 12.3 Å². The third-order valence-electron chi connectivity index (χ3n) is 2.77. The summed E-state index contributed by atoms with van der Waals surface area (Å²) >= 11 is 1.26. The first-order chi connectivity index (χ1) is 10.1. The molecule has 21 heavy (non-hydrogen) atoms. The third kappa shape index (κ3) is 4.12. The minimum Gasteiger partial charge on any atom is -0.464 e. The molecule has 112 valence electrons. The van der Waals surface area contributed by atoms with Crippen LogP contribution in [-0.4, -0.2) is 33.8 Å². The molecule has 0 unspecified atom stereocenters. The van der Waals surface area contributed by atoms with Crippen LogP contribution in [0.1, 0.15) is 28.2 Å². The standard InChI is InChI=1S/C13H16N4O3S/c1-9-11(12(19)20-2)16-13(21-9)15-10(18)5-3-7-17-8-4-6-14-17/h4,6,8H,3,5,7H2,1-2H3,(H,15,16,18). The fourth-order valence-corrected chi connectivity index (χ4v) is 2.57. The van der Waals surface area contributed by atoms with Gasteiger partial charge in [0.15, 0.2) is 10.8 Å². The Bertz CT molecular complexity index is 621. The molecule has 0 aromatic carbocycles. The quantitative estimate of drug-likeness (QED) is 0.823. The second-order valence-corrected chi connectivity index (χ2v) is 5.54. The Morgan fingerprint density at radius 3 is 2.95 bits per heavy atom. The smallest absolute Gasteiger partial charge is 0.357 e. The van der Waals surface area contributed by atoms with Gasteiger partial charge in [0.05, 0.1) is 7.11 Å². The van der Waals surface area contributed by atoms with Gasteiger partial charge in [-0.15, -0.1) is 11.3 Å². The van der Waals surface area contributed by atoms with Crippen LogP contribution in [0.4, 0.5) is 5.13 Å². The molecule has 0 radical (unpaired) electrons. The van der Waals surface area contributed by atoms with Crippen LogP contribution < -0.4 is 5.32 Å². The van der Waals surface area contributed by atoms with Crippen molar-refractivity contribution < 1.29 is 14.3 Å². The van der Waals surface area contributed by atoms with Gasteiger partial charge in [0, 0.05) is 30.2 Å². The third-order valence-corrected chi connectivity index (χ3v) is 3.66. The van der Waals surface area contributed by atoms with E-state index in [0.29, 0.717) is 29.4 Å². The van der Waals surface area contributed by atoms with Gasteiger partial charge in [0.1, 0.15) is 0 Å². The zero-order chi connectivity index (χ0) is 15.2. The highest BCUT2D eigenvalue weighted by molar-refractivity contribution is 7.16. The number of nitrogens with zero attached hydrogens (tertiary/aromatic N) is 3. The van der Waals surface area contributed by atoms with Crippen molar-refractivity contribution in [3.8, 4) is 0 Å². The Labute approximate surface area is 125 Å². The number of amides is 1. The Morgan fingerprint density at radius 1 is 1.48 bits per heavy atom. The molecule has 1 amide bonds. The summed E-state index contributed by atoms with van der Waals surface area (Å²) in [5, 5.41) is 7.17. The van der Waals surface area contributed by atoms with E-state index in [4.69, 9.17) is 0 Å². The summed E-state index contributed by atoms with van der Waals surface area (Å²) in [4.78, 5) is 28.0. The summed E-state index contributed by atoms with van der Waals surface area (Å²) in [6.45, 7) is 2.45. The molecule has 0 atom stereocenters. The Kier molecular flexibility index (Phi) is 5.04. The van der Waals surface area contributed by atoms with Crippen LogP contribution in [0.15, 0.2) is 18.5 Å². The first-order valence-corrected chi connectivity index (χ1v) is 7.25. The van der Waals surface area contributed by atoms with Crippen LogP contribution >= 0.6 is 11.3 Å². The van der Waals surface area contributed by atoms with Gasteiger partial charge < -0.3 is 10.1 Å². The lowest BCUT2D eigenvalue weighted by Gasteiger charge is -2.02. The fraction of sp³-hybridized carbons (Fsp3) is 0.385. The van der Waals surface area contributed by atoms with E-state index < -0.39 is 5.97 Å². The minimum absolute atomic E-state index is 0.132. The fourth-order valence-electron chi connectivity index (χ4n) is 1.75. The topological polar surface area (TPSA) is 86.1 Å². The minimum atomic E-state index is -0.497. The van der Waals surface area contributed by atoms with Crippen molar-refractivity contribution in [1.82, 2.24) is 14.8 Å². The Hall–Kier alpha value is -2.22. The highest BCUT2D eigenvalue weighted by atomic mass is 32.1. The molecule has 2 aromatic heterocycles. The number of hydrogen-bond donors (Lipinski definition) is 1. The summed E-state index contributed by atoms with van der Waals surface area (Å²) < 4.78 is 6.40. The maximum atomic E-state index is 11.8. The lowest BCUT2D eigenvalue weighted by molar-refractivity contribution is -0.116. The van der Waals surface area contributed by atoms with Crippen molar-refractivity contribution in [1.29, 1.82) is 0 Å². The van der Waals surface area contributed by atoms with Crippen molar-refractivity contribution in [3.05, 3.63) is 29.0 Å². The molecule has 0 aliphatic rings. The van der Waals surface area contributed by atoms with Crippen LogP contribution in [0, 0.1) is 6.92 Å². The zero-order valence-corrected chi connectivity index (χ0v) is 12.6. The Balaban J connectivity index is 1.83. The summed E-state index contributed by atoms with van der Waals surface area (Å²) in [5.41, 5.74) is 0.245. The molecule has 7 nitrogen and oxygen atoms in total. The van der Waals surface area contributed by atoms with E-state index in [2.05, 4.69) is 20.1 Å². The van der Waals surface area contributed by atoms with Crippen LogP contribution in [0.3, 0.4) is 0 Å². The number of carbonyl (C=O) groups excluding carboxylic acids is 2. The molecule has 0 aliphatic heterocycles. The molecule has 1 N–H and O–H groups in total. The molecular formula is C13H16N4O3S. The second kappa shape index (κ2) is 6.98. The monoisotopic (exact) mass is 308 g/mol. The summed E-state index contributed by atoms with van der Waals surface area (Å²) in [6.07, 6.45) is 4.60. The van der Waals surface area contributed by atoms with E-state index in [1.54, 1.807) is 17.8 Å². The molecule has 0 saturated carbocycles. The maximum Gasteiger partial charge on any atom is 0.357 e. The van der Waals surface area contributed by atoms with Crippen molar-refractivity contribution in [3.63, 3.8) is 0 Å². The number of aryl methyl sites for hydroxylation is 2. The second-order valence-electron chi connectivity index (χ2n) is 4.34. The summed E-state index contributed by atoms with van der Waals surface area (Å²) in [7, 11) is 1.30. The van der Waals surface area contributed by atoms with Crippen molar-refractivity contribution in [2.75, 3.05) is 12.4 Å². The molecule has 2 heterocycles. The van der Waals surface area contributed by atoms with E-state index in [0.717, 1.165) is 0 Å². The predicted octanol–water partition coefficient (Wildman–Crippen LogP) is 1.85. The summed E-state index contributed by atoms with van der Waals surface area (Å²) in [5.74, 6) is -0.629. The number of anilines is 1. The maximum absolute atomic E-state index is 11.8. The number of carbonyl (C=O) groups is 2. The Morgan fingerprint density at radius 2 is 2.29 bits per heavy atom. The van der Waals surface area contributed by atoms with Crippen LogP contribution in [0.25, 0.3) is 0 Å². The number of methoxy groups -OCH3 is 1. The van der Waals surface area contributed by atoms with E-state index in [-0.39, 0.29) is 11.6 Å². The molecule has 0 aliphatic carbocycles. The number of nitrogens with one attached hydrogen (secondary N) is 1. The molecule has 8 heteroatoms. The predicted molar refractivity (Wildman–Crippen MR) is 78.3 cm³/mol. The number of thiazole rings is 1. The van der Waals surface area contributed by atoms with E-state index >= 15 is 0 Å². The molecule has 0 saturated heterocycles. The largest absolute Gasteiger partial charge is 0.464 e. The molecule has 2 rings (SSSR count). The zero-order valence-electron chi connectivity index (χ0n) is 11.8. The number of esters is 1. The summed E-state index contributed by atoms with van der Waals surface area (Å²) in [6, 6.07) is 1.84. The van der Waals surface area contributed by atoms with E-state index in [1.165, 1.54) is 18.4 Å². The van der Waals surface area contributed by atoms with Gasteiger partial charge in [-0.1, -0.05) is 0 Å². The normalized spacial score (nSPS) is 10.4. The van der Waals surface area contributed by atoms with Crippen molar-refractivity contribution in [2.24, 2.45) is 0 Å². The average Bonchev–Trinajstić information content (AvgIpc) is 3.08. The van der Waals surface area contributed by atoms with Gasteiger partial charge in [0.25, 0.3) is 0 Å². The van der Waals surface area contributed by atoms with Gasteiger partial charge in [-0.2, -0.15) is 5.10 Å². The molecule has 0 spiro atoms. The molecule has 2 aromatic rings.